The third kappa shape index (κ3) is 8.40. The van der Waals surface area contributed by atoms with Gasteiger partial charge in [0, 0.05) is 18.8 Å². The molecule has 2 nitrogen and oxygen atoms in total. The Morgan fingerprint density at radius 3 is 1.71 bits per heavy atom. The van der Waals surface area contributed by atoms with Crippen molar-refractivity contribution in [2.75, 3.05) is 18.0 Å². The fraction of sp³-hybridized carbons (Fsp3) is 0.303. The van der Waals surface area contributed by atoms with Gasteiger partial charge in [0.2, 0.25) is 0 Å². The third-order valence-electron chi connectivity index (χ3n) is 6.35. The molecule has 182 valence electrons. The van der Waals surface area contributed by atoms with Crippen molar-refractivity contribution in [2.24, 2.45) is 0 Å². The van der Waals surface area contributed by atoms with Crippen LogP contribution in [-0.2, 0) is 17.6 Å². The first-order valence-corrected chi connectivity index (χ1v) is 12.7. The minimum absolute atomic E-state index is 0.717. The lowest BCUT2D eigenvalue weighted by atomic mass is 9.90. The van der Waals surface area contributed by atoms with Gasteiger partial charge in [-0.2, -0.15) is 0 Å². The van der Waals surface area contributed by atoms with E-state index in [2.05, 4.69) is 73.4 Å². The molecular weight excluding hydrogens is 426 g/mol. The third-order valence-corrected chi connectivity index (χ3v) is 6.35. The second-order valence-electron chi connectivity index (χ2n) is 9.58. The normalized spacial score (nSPS) is 17.9. The molecule has 0 unspecified atom stereocenters. The number of anilines is 1. The van der Waals surface area contributed by atoms with Gasteiger partial charge < -0.3 is 4.90 Å². The summed E-state index contributed by atoms with van der Waals surface area (Å²) in [6.45, 7) is 10.5. The molecule has 0 N–H and O–H groups in total. The Balaban J connectivity index is 1.55. The molecule has 0 spiro atoms. The Bertz CT molecular complexity index is 1120. The second-order valence-corrected chi connectivity index (χ2v) is 9.58. The average molecular weight is 466 g/mol. The molecule has 0 atom stereocenters. The molecule has 2 aliphatic heterocycles. The van der Waals surface area contributed by atoms with Crippen molar-refractivity contribution in [3.63, 3.8) is 0 Å². The van der Waals surface area contributed by atoms with Gasteiger partial charge >= 0.3 is 0 Å². The smallest absolute Gasteiger partial charge is 0.145 e. The topological polar surface area (TPSA) is 20.3 Å². The van der Waals surface area contributed by atoms with Gasteiger partial charge in [-0.05, 0) is 87.8 Å². The molecule has 2 heterocycles. The Hall–Kier alpha value is -3.39. The minimum Gasteiger partial charge on any atom is -0.371 e. The van der Waals surface area contributed by atoms with Crippen LogP contribution in [0.1, 0.15) is 57.2 Å². The van der Waals surface area contributed by atoms with E-state index in [1.54, 1.807) is 6.92 Å². The number of benzene rings is 1. The Kier molecular flexibility index (Phi) is 10.1. The molecule has 2 aliphatic rings. The van der Waals surface area contributed by atoms with Crippen LogP contribution in [0.5, 0.6) is 0 Å². The van der Waals surface area contributed by atoms with Gasteiger partial charge in [-0.1, -0.05) is 89.6 Å². The first-order valence-electron chi connectivity index (χ1n) is 12.7. The quantitative estimate of drug-likeness (QED) is 0.209. The van der Waals surface area contributed by atoms with Gasteiger partial charge in [0.1, 0.15) is 6.29 Å². The predicted octanol–water partition coefficient (Wildman–Crippen LogP) is 8.05. The van der Waals surface area contributed by atoms with E-state index in [0.29, 0.717) is 5.57 Å². The van der Waals surface area contributed by atoms with Crippen molar-refractivity contribution >= 4 is 18.0 Å². The number of nitrogens with zero attached hydrogens (tertiary/aromatic N) is 1. The zero-order valence-electron chi connectivity index (χ0n) is 21.8. The second kappa shape index (κ2) is 13.5. The fourth-order valence-corrected chi connectivity index (χ4v) is 4.48. The minimum atomic E-state index is 0.717. The largest absolute Gasteiger partial charge is 0.371 e. The maximum Gasteiger partial charge on any atom is 0.145 e. The van der Waals surface area contributed by atoms with Gasteiger partial charge in [0.05, 0.1) is 0 Å². The molecule has 0 amide bonds. The summed E-state index contributed by atoms with van der Waals surface area (Å²) in [6.07, 6.45) is 30.6. The van der Waals surface area contributed by atoms with Crippen molar-refractivity contribution in [3.05, 3.63) is 118 Å². The van der Waals surface area contributed by atoms with Crippen LogP contribution in [0, 0.1) is 0 Å². The molecule has 0 bridgehead atoms. The molecule has 0 saturated carbocycles. The highest BCUT2D eigenvalue weighted by atomic mass is 16.1. The highest BCUT2D eigenvalue weighted by Gasteiger charge is 2.23. The SMILES string of the molecule is C\C(C=O)=C/C=C/C(C)=C/C=C/C=C(C)/C=C/C=C(C)/C=C/c1cc2c3c(c1)CCCN3CCC2. The molecule has 0 aliphatic carbocycles. The van der Waals surface area contributed by atoms with E-state index >= 15 is 0 Å². The van der Waals surface area contributed by atoms with Gasteiger partial charge in [0.15, 0.2) is 0 Å². The number of aryl methyl sites for hydroxylation is 2. The van der Waals surface area contributed by atoms with Crippen molar-refractivity contribution in [1.29, 1.82) is 0 Å². The summed E-state index contributed by atoms with van der Waals surface area (Å²) in [4.78, 5) is 13.2. The van der Waals surface area contributed by atoms with Crippen LogP contribution in [-0.4, -0.2) is 19.4 Å². The van der Waals surface area contributed by atoms with Crippen LogP contribution in [0.15, 0.2) is 101 Å². The van der Waals surface area contributed by atoms with Gasteiger partial charge in [-0.3, -0.25) is 4.79 Å². The molecule has 0 saturated heterocycles. The van der Waals surface area contributed by atoms with E-state index in [-0.39, 0.29) is 0 Å². The van der Waals surface area contributed by atoms with E-state index in [4.69, 9.17) is 0 Å². The fourth-order valence-electron chi connectivity index (χ4n) is 4.48. The summed E-state index contributed by atoms with van der Waals surface area (Å²) in [5.74, 6) is 0. The zero-order valence-corrected chi connectivity index (χ0v) is 21.8. The number of allylic oxidation sites excluding steroid dienone is 15. The summed E-state index contributed by atoms with van der Waals surface area (Å²) in [5, 5.41) is 0. The van der Waals surface area contributed by atoms with E-state index in [9.17, 15) is 4.79 Å². The molecule has 0 fully saturated rings. The Morgan fingerprint density at radius 2 is 1.17 bits per heavy atom. The Labute approximate surface area is 212 Å². The molecule has 1 aromatic rings. The maximum absolute atomic E-state index is 10.6. The first kappa shape index (κ1) is 26.2. The van der Waals surface area contributed by atoms with E-state index in [1.807, 2.05) is 37.3 Å². The number of hydrogen-bond donors (Lipinski definition) is 0. The van der Waals surface area contributed by atoms with Gasteiger partial charge in [0.25, 0.3) is 0 Å². The van der Waals surface area contributed by atoms with Crippen LogP contribution >= 0.6 is 0 Å². The van der Waals surface area contributed by atoms with Gasteiger partial charge in [-0.25, -0.2) is 0 Å². The average Bonchev–Trinajstić information content (AvgIpc) is 2.85. The first-order chi connectivity index (χ1) is 17.0. The standard InChI is InChI=1S/C33H39NO/c1-26(11-5-6-12-27(2)14-8-16-29(4)25-35)13-7-15-28(3)19-20-30-23-31-17-9-21-34-22-10-18-32(24-30)33(31)34/h5-8,11-16,19-20,23-25H,9-10,17-18,21-22H2,1-4H3/b6-5+,13-7+,14-8+,20-19+,26-11+,27-12+,28-15+,29-16+. The number of rotatable bonds is 9. The molecule has 35 heavy (non-hydrogen) atoms. The number of carbonyl (C=O) groups is 1. The number of hydrogen-bond acceptors (Lipinski definition) is 2. The summed E-state index contributed by atoms with van der Waals surface area (Å²) in [6, 6.07) is 4.79. The highest BCUT2D eigenvalue weighted by molar-refractivity contribution is 5.72. The number of carbonyl (C=O) groups excluding carboxylic acids is 1. The highest BCUT2D eigenvalue weighted by Crippen LogP contribution is 2.36. The van der Waals surface area contributed by atoms with E-state index in [0.717, 1.165) is 11.9 Å². The lowest BCUT2D eigenvalue weighted by Crippen LogP contribution is -2.34. The van der Waals surface area contributed by atoms with Crippen LogP contribution in [0.3, 0.4) is 0 Å². The summed E-state index contributed by atoms with van der Waals surface area (Å²) in [7, 11) is 0. The van der Waals surface area contributed by atoms with Crippen LogP contribution in [0.2, 0.25) is 0 Å². The van der Waals surface area contributed by atoms with Gasteiger partial charge in [-0.15, -0.1) is 0 Å². The van der Waals surface area contributed by atoms with E-state index < -0.39 is 0 Å². The molecule has 0 aromatic heterocycles. The Morgan fingerprint density at radius 1 is 0.686 bits per heavy atom. The van der Waals surface area contributed by atoms with Crippen LogP contribution in [0.4, 0.5) is 5.69 Å². The summed E-state index contributed by atoms with van der Waals surface area (Å²) in [5.41, 5.74) is 10.2. The van der Waals surface area contributed by atoms with Crippen molar-refractivity contribution in [1.82, 2.24) is 0 Å². The van der Waals surface area contributed by atoms with Crippen molar-refractivity contribution in [2.45, 2.75) is 53.4 Å². The van der Waals surface area contributed by atoms with Crippen molar-refractivity contribution < 1.29 is 4.79 Å². The molecular formula is C33H39NO. The lowest BCUT2D eigenvalue weighted by Gasteiger charge is -2.37. The van der Waals surface area contributed by atoms with E-state index in [1.165, 1.54) is 72.3 Å². The summed E-state index contributed by atoms with van der Waals surface area (Å²) >= 11 is 0. The molecule has 2 heteroatoms. The maximum atomic E-state index is 10.6. The predicted molar refractivity (Wildman–Crippen MR) is 153 cm³/mol. The molecule has 0 radical (unpaired) electrons. The van der Waals surface area contributed by atoms with Crippen molar-refractivity contribution in [3.8, 4) is 0 Å². The molecule has 1 aromatic carbocycles. The monoisotopic (exact) mass is 465 g/mol. The number of aldehydes is 1. The van der Waals surface area contributed by atoms with Crippen LogP contribution < -0.4 is 4.90 Å². The van der Waals surface area contributed by atoms with Crippen LogP contribution in [0.25, 0.3) is 6.08 Å². The lowest BCUT2D eigenvalue weighted by molar-refractivity contribution is -0.104. The molecule has 3 rings (SSSR count). The summed E-state index contributed by atoms with van der Waals surface area (Å²) < 4.78 is 0. The zero-order chi connectivity index (χ0) is 25.0.